The molecule has 7 nitrogen and oxygen atoms in total. The number of primary amides is 1. The van der Waals surface area contributed by atoms with Gasteiger partial charge >= 0.3 is 12.1 Å². The summed E-state index contributed by atoms with van der Waals surface area (Å²) in [4.78, 5) is 29.8. The van der Waals surface area contributed by atoms with Crippen LogP contribution in [0.15, 0.2) is 12.7 Å². The van der Waals surface area contributed by atoms with Crippen molar-refractivity contribution in [2.24, 2.45) is 5.73 Å². The van der Waals surface area contributed by atoms with Gasteiger partial charge in [-0.05, 0) is 0 Å². The van der Waals surface area contributed by atoms with Crippen molar-refractivity contribution in [1.29, 1.82) is 0 Å². The van der Waals surface area contributed by atoms with Gasteiger partial charge in [0, 0.05) is 23.7 Å². The van der Waals surface area contributed by atoms with Gasteiger partial charge in [0.1, 0.15) is 0 Å². The topological polar surface area (TPSA) is 122 Å². The van der Waals surface area contributed by atoms with Crippen molar-refractivity contribution in [3.8, 4) is 0 Å². The number of urea groups is 2. The summed E-state index contributed by atoms with van der Waals surface area (Å²) in [7, 11) is 2.49. The predicted octanol–water partition coefficient (Wildman–Crippen LogP) is 0.938. The van der Waals surface area contributed by atoms with Gasteiger partial charge in [-0.25, -0.2) is 9.59 Å². The molecule has 0 aliphatic heterocycles. The monoisotopic (exact) mass is 267 g/mol. The first-order valence-corrected chi connectivity index (χ1v) is 6.17. The highest BCUT2D eigenvalue weighted by molar-refractivity contribution is 8.76. The molecule has 0 saturated heterocycles. The maximum atomic E-state index is 10.6. The van der Waals surface area contributed by atoms with E-state index in [2.05, 4.69) is 17.0 Å². The van der Waals surface area contributed by atoms with Crippen LogP contribution in [-0.2, 0) is 4.79 Å². The standard InChI is InChI=1S/C5H9N3O2S2.C2H4O2/c1-2-3-11-12-8-5(10)7-4(6)9;1-2(3)4/h2H,1,3H2,(H4,6,7,8,9,10);1H3,(H,3,4). The van der Waals surface area contributed by atoms with Crippen LogP contribution in [0.3, 0.4) is 0 Å². The molecule has 5 N–H and O–H groups in total. The highest BCUT2D eigenvalue weighted by Gasteiger charge is 2.01. The number of imide groups is 1. The summed E-state index contributed by atoms with van der Waals surface area (Å²) >= 11 is 0. The van der Waals surface area contributed by atoms with E-state index in [0.717, 1.165) is 17.9 Å². The number of hydrogen-bond donors (Lipinski definition) is 4. The van der Waals surface area contributed by atoms with Crippen LogP contribution in [0.5, 0.6) is 0 Å². The van der Waals surface area contributed by atoms with Crippen molar-refractivity contribution < 1.29 is 19.5 Å². The second-order valence-electron chi connectivity index (χ2n) is 2.10. The van der Waals surface area contributed by atoms with E-state index in [1.807, 2.05) is 5.32 Å². The van der Waals surface area contributed by atoms with Crippen molar-refractivity contribution in [2.45, 2.75) is 6.92 Å². The molecule has 0 aliphatic rings. The van der Waals surface area contributed by atoms with Gasteiger partial charge in [-0.15, -0.1) is 6.58 Å². The number of carboxylic acids is 1. The molecule has 9 heteroatoms. The van der Waals surface area contributed by atoms with Crippen LogP contribution in [-0.4, -0.2) is 28.9 Å². The summed E-state index contributed by atoms with van der Waals surface area (Å²) in [6.45, 7) is 4.57. The van der Waals surface area contributed by atoms with Crippen molar-refractivity contribution >= 4 is 39.8 Å². The number of carboxylic acid groups (broad SMARTS) is 1. The molecular formula is C7H13N3O4S2. The Labute approximate surface area is 101 Å². The highest BCUT2D eigenvalue weighted by Crippen LogP contribution is 2.15. The lowest BCUT2D eigenvalue weighted by Crippen LogP contribution is -2.39. The third-order valence-corrected chi connectivity index (χ3v) is 2.39. The van der Waals surface area contributed by atoms with Crippen molar-refractivity contribution in [3.05, 3.63) is 12.7 Å². The molecule has 0 heterocycles. The molecule has 0 atom stereocenters. The summed E-state index contributed by atoms with van der Waals surface area (Å²) in [5, 5.41) is 9.27. The zero-order valence-electron chi connectivity index (χ0n) is 8.56. The summed E-state index contributed by atoms with van der Waals surface area (Å²) in [5.41, 5.74) is 4.68. The average molecular weight is 267 g/mol. The van der Waals surface area contributed by atoms with E-state index in [1.54, 1.807) is 6.08 Å². The third-order valence-electron chi connectivity index (χ3n) is 0.616. The SMILES string of the molecule is C=CCSSNC(=O)NC(N)=O.CC(=O)O. The number of nitrogens with two attached hydrogens (primary N) is 1. The molecule has 0 aromatic carbocycles. The Morgan fingerprint density at radius 1 is 1.50 bits per heavy atom. The van der Waals surface area contributed by atoms with E-state index in [1.165, 1.54) is 10.8 Å². The summed E-state index contributed by atoms with van der Waals surface area (Å²) in [6, 6.07) is -1.49. The molecule has 0 spiro atoms. The quantitative estimate of drug-likeness (QED) is 0.260. The molecule has 0 saturated carbocycles. The molecule has 0 aliphatic carbocycles. The van der Waals surface area contributed by atoms with E-state index in [0.29, 0.717) is 5.75 Å². The Bertz CT molecular complexity index is 256. The van der Waals surface area contributed by atoms with Gasteiger partial charge < -0.3 is 10.8 Å². The Kier molecular flexibility index (Phi) is 12.5. The van der Waals surface area contributed by atoms with E-state index < -0.39 is 18.0 Å². The number of aliphatic carboxylic acids is 1. The number of carbonyl (C=O) groups excluding carboxylic acids is 2. The Morgan fingerprint density at radius 2 is 2.00 bits per heavy atom. The molecule has 0 radical (unpaired) electrons. The van der Waals surface area contributed by atoms with Crippen molar-refractivity contribution in [1.82, 2.24) is 10.0 Å². The van der Waals surface area contributed by atoms with Gasteiger partial charge in [0.05, 0.1) is 0 Å². The zero-order valence-corrected chi connectivity index (χ0v) is 10.2. The van der Waals surface area contributed by atoms with Gasteiger partial charge in [-0.1, -0.05) is 16.9 Å². The molecule has 0 rings (SSSR count). The fourth-order valence-corrected chi connectivity index (χ4v) is 1.53. The van der Waals surface area contributed by atoms with Crippen LogP contribution in [0.1, 0.15) is 6.92 Å². The second-order valence-corrected chi connectivity index (χ2v) is 4.24. The fourth-order valence-electron chi connectivity index (χ4n) is 0.287. The van der Waals surface area contributed by atoms with E-state index in [-0.39, 0.29) is 0 Å². The minimum atomic E-state index is -0.873. The Morgan fingerprint density at radius 3 is 2.38 bits per heavy atom. The van der Waals surface area contributed by atoms with Crippen LogP contribution < -0.4 is 15.8 Å². The highest BCUT2D eigenvalue weighted by atomic mass is 33.1. The first-order valence-electron chi connectivity index (χ1n) is 3.85. The predicted molar refractivity (Wildman–Crippen MR) is 64.8 cm³/mol. The van der Waals surface area contributed by atoms with Gasteiger partial charge in [0.2, 0.25) is 0 Å². The first kappa shape index (κ1) is 17.1. The van der Waals surface area contributed by atoms with Crippen LogP contribution in [0.25, 0.3) is 0 Å². The molecule has 0 unspecified atom stereocenters. The lowest BCUT2D eigenvalue weighted by molar-refractivity contribution is -0.134. The van der Waals surface area contributed by atoms with Crippen molar-refractivity contribution in [3.63, 3.8) is 0 Å². The molecule has 0 aromatic rings. The molecular weight excluding hydrogens is 254 g/mol. The zero-order chi connectivity index (χ0) is 13.0. The minimum Gasteiger partial charge on any atom is -0.481 e. The number of nitrogens with one attached hydrogen (secondary N) is 2. The largest absolute Gasteiger partial charge is 0.481 e. The molecule has 4 amide bonds. The fraction of sp³-hybridized carbons (Fsp3) is 0.286. The Balaban J connectivity index is 0. The maximum Gasteiger partial charge on any atom is 0.333 e. The maximum absolute atomic E-state index is 10.6. The third kappa shape index (κ3) is 22.9. The smallest absolute Gasteiger partial charge is 0.333 e. The second kappa shape index (κ2) is 11.7. The lowest BCUT2D eigenvalue weighted by Gasteiger charge is -2.00. The Hall–Kier alpha value is -1.35. The summed E-state index contributed by atoms with van der Waals surface area (Å²) in [6.07, 6.45) is 1.70. The van der Waals surface area contributed by atoms with Gasteiger partial charge in [-0.3, -0.25) is 14.8 Å². The van der Waals surface area contributed by atoms with Crippen molar-refractivity contribution in [2.75, 3.05) is 5.75 Å². The van der Waals surface area contributed by atoms with Crippen LogP contribution >= 0.6 is 21.8 Å². The van der Waals surface area contributed by atoms with Crippen LogP contribution in [0, 0.1) is 0 Å². The number of amides is 4. The van der Waals surface area contributed by atoms with Crippen LogP contribution in [0.2, 0.25) is 0 Å². The van der Waals surface area contributed by atoms with Gasteiger partial charge in [0.25, 0.3) is 5.97 Å². The number of carbonyl (C=O) groups is 3. The number of rotatable bonds is 4. The summed E-state index contributed by atoms with van der Waals surface area (Å²) in [5.74, 6) is -0.123. The molecule has 0 bridgehead atoms. The number of hydrogen-bond acceptors (Lipinski definition) is 5. The molecule has 92 valence electrons. The molecule has 0 fully saturated rings. The normalized spacial score (nSPS) is 8.06. The molecule has 0 aromatic heterocycles. The first-order chi connectivity index (χ1) is 7.40. The van der Waals surface area contributed by atoms with E-state index >= 15 is 0 Å². The van der Waals surface area contributed by atoms with Gasteiger partial charge in [-0.2, -0.15) is 0 Å². The summed E-state index contributed by atoms with van der Waals surface area (Å²) < 4.78 is 2.33. The molecule has 16 heavy (non-hydrogen) atoms. The van der Waals surface area contributed by atoms with E-state index in [9.17, 15) is 9.59 Å². The van der Waals surface area contributed by atoms with E-state index in [4.69, 9.17) is 9.90 Å². The lowest BCUT2D eigenvalue weighted by atomic mass is 10.8. The van der Waals surface area contributed by atoms with Gasteiger partial charge in [0.15, 0.2) is 0 Å². The van der Waals surface area contributed by atoms with Crippen LogP contribution in [0.4, 0.5) is 9.59 Å². The minimum absolute atomic E-state index is 0.621. The average Bonchev–Trinajstić information content (AvgIpc) is 2.10.